The molecule has 1 saturated heterocycles. The molecule has 1 heterocycles. The quantitative estimate of drug-likeness (QED) is 0.390. The number of amides is 3. The number of hydrogen-bond donors (Lipinski definition) is 1. The maximum absolute atomic E-state index is 13.7. The zero-order valence-electron chi connectivity index (χ0n) is 19.7. The second-order valence-electron chi connectivity index (χ2n) is 8.86. The van der Waals surface area contributed by atoms with Crippen LogP contribution in [0.5, 0.6) is 0 Å². The fourth-order valence-electron chi connectivity index (χ4n) is 4.92. The Labute approximate surface area is 199 Å². The molecular formula is C28H30N2O4. The SMILES string of the molecule is COCCCN1C(=O)CC(CC(=O)NCc2cccc3ccccc23)(c2ccccc2C)C1=O. The van der Waals surface area contributed by atoms with Gasteiger partial charge < -0.3 is 10.1 Å². The zero-order chi connectivity index (χ0) is 24.1. The van der Waals surface area contributed by atoms with Gasteiger partial charge in [0.05, 0.1) is 5.41 Å². The van der Waals surface area contributed by atoms with Crippen molar-refractivity contribution in [2.75, 3.05) is 20.3 Å². The highest BCUT2D eigenvalue weighted by atomic mass is 16.5. The van der Waals surface area contributed by atoms with Crippen LogP contribution in [0.4, 0.5) is 0 Å². The Bertz CT molecular complexity index is 1220. The monoisotopic (exact) mass is 458 g/mol. The van der Waals surface area contributed by atoms with Crippen molar-refractivity contribution in [3.05, 3.63) is 83.4 Å². The molecule has 4 rings (SSSR count). The highest BCUT2D eigenvalue weighted by Crippen LogP contribution is 2.41. The van der Waals surface area contributed by atoms with Gasteiger partial charge in [-0.2, -0.15) is 0 Å². The van der Waals surface area contributed by atoms with E-state index < -0.39 is 5.41 Å². The molecule has 3 amide bonds. The molecule has 1 atom stereocenters. The third kappa shape index (κ3) is 4.59. The van der Waals surface area contributed by atoms with Crippen LogP contribution in [-0.4, -0.2) is 42.9 Å². The molecule has 3 aromatic carbocycles. The summed E-state index contributed by atoms with van der Waals surface area (Å²) in [6, 6.07) is 21.5. The maximum Gasteiger partial charge on any atom is 0.240 e. The predicted octanol–water partition coefficient (Wildman–Crippen LogP) is 3.89. The van der Waals surface area contributed by atoms with Gasteiger partial charge in [-0.05, 0) is 40.8 Å². The molecule has 6 heteroatoms. The van der Waals surface area contributed by atoms with Gasteiger partial charge in [-0.25, -0.2) is 0 Å². The summed E-state index contributed by atoms with van der Waals surface area (Å²) in [5.41, 5.74) is 1.44. The van der Waals surface area contributed by atoms with Crippen molar-refractivity contribution < 1.29 is 19.1 Å². The van der Waals surface area contributed by atoms with Crippen molar-refractivity contribution in [1.82, 2.24) is 10.2 Å². The lowest BCUT2D eigenvalue weighted by Crippen LogP contribution is -2.43. The van der Waals surface area contributed by atoms with Gasteiger partial charge in [0.1, 0.15) is 0 Å². The Morgan fingerprint density at radius 1 is 1.03 bits per heavy atom. The molecule has 0 radical (unpaired) electrons. The summed E-state index contributed by atoms with van der Waals surface area (Å²) in [6.45, 7) is 3.01. The van der Waals surface area contributed by atoms with E-state index in [4.69, 9.17) is 4.74 Å². The number of carbonyl (C=O) groups is 3. The van der Waals surface area contributed by atoms with Crippen LogP contribution in [0, 0.1) is 6.92 Å². The summed E-state index contributed by atoms with van der Waals surface area (Å²) in [5, 5.41) is 5.18. The van der Waals surface area contributed by atoms with E-state index in [2.05, 4.69) is 5.32 Å². The maximum atomic E-state index is 13.7. The average molecular weight is 459 g/mol. The van der Waals surface area contributed by atoms with Crippen LogP contribution in [0.25, 0.3) is 10.8 Å². The molecule has 6 nitrogen and oxygen atoms in total. The minimum Gasteiger partial charge on any atom is -0.385 e. The number of methoxy groups -OCH3 is 1. The Morgan fingerprint density at radius 3 is 2.56 bits per heavy atom. The van der Waals surface area contributed by atoms with Crippen molar-refractivity contribution in [3.8, 4) is 0 Å². The molecule has 0 bridgehead atoms. The molecular weight excluding hydrogens is 428 g/mol. The van der Waals surface area contributed by atoms with Crippen LogP contribution in [0.3, 0.4) is 0 Å². The highest BCUT2D eigenvalue weighted by molar-refractivity contribution is 6.11. The molecule has 3 aromatic rings. The van der Waals surface area contributed by atoms with Crippen LogP contribution in [-0.2, 0) is 31.1 Å². The number of benzene rings is 3. The van der Waals surface area contributed by atoms with E-state index in [1.807, 2.05) is 73.7 Å². The first-order valence-electron chi connectivity index (χ1n) is 11.6. The van der Waals surface area contributed by atoms with E-state index in [1.165, 1.54) is 4.90 Å². The topological polar surface area (TPSA) is 75.7 Å². The number of imide groups is 1. The third-order valence-corrected chi connectivity index (χ3v) is 6.62. The molecule has 1 aliphatic rings. The predicted molar refractivity (Wildman–Crippen MR) is 131 cm³/mol. The minimum absolute atomic E-state index is 0.00857. The normalized spacial score (nSPS) is 18.0. The molecule has 1 unspecified atom stereocenters. The number of hydrogen-bond acceptors (Lipinski definition) is 4. The van der Waals surface area contributed by atoms with Crippen molar-refractivity contribution in [3.63, 3.8) is 0 Å². The number of ether oxygens (including phenoxy) is 1. The molecule has 1 aliphatic heterocycles. The summed E-state index contributed by atoms with van der Waals surface area (Å²) >= 11 is 0. The van der Waals surface area contributed by atoms with E-state index in [0.717, 1.165) is 27.5 Å². The lowest BCUT2D eigenvalue weighted by molar-refractivity contribution is -0.141. The Balaban J connectivity index is 1.58. The number of aryl methyl sites for hydroxylation is 1. The Hall–Kier alpha value is -3.51. The van der Waals surface area contributed by atoms with Crippen LogP contribution >= 0.6 is 0 Å². The number of nitrogens with one attached hydrogen (secondary N) is 1. The number of carbonyl (C=O) groups excluding carboxylic acids is 3. The lowest BCUT2D eigenvalue weighted by Gasteiger charge is -2.28. The third-order valence-electron chi connectivity index (χ3n) is 6.62. The van der Waals surface area contributed by atoms with Crippen molar-refractivity contribution >= 4 is 28.5 Å². The van der Waals surface area contributed by atoms with Gasteiger partial charge >= 0.3 is 0 Å². The van der Waals surface area contributed by atoms with E-state index in [9.17, 15) is 14.4 Å². The first kappa shape index (κ1) is 23.6. The second kappa shape index (κ2) is 10.2. The van der Waals surface area contributed by atoms with Gasteiger partial charge in [0, 0.05) is 39.6 Å². The Kier molecular flexibility index (Phi) is 7.08. The van der Waals surface area contributed by atoms with Gasteiger partial charge in [-0.15, -0.1) is 0 Å². The molecule has 0 saturated carbocycles. The van der Waals surface area contributed by atoms with Gasteiger partial charge in [0.15, 0.2) is 0 Å². The molecule has 0 aliphatic carbocycles. The van der Waals surface area contributed by atoms with Crippen LogP contribution < -0.4 is 5.32 Å². The van der Waals surface area contributed by atoms with Crippen molar-refractivity contribution in [2.45, 2.75) is 38.1 Å². The molecule has 1 N–H and O–H groups in total. The number of fused-ring (bicyclic) bond motifs is 1. The summed E-state index contributed by atoms with van der Waals surface area (Å²) in [4.78, 5) is 41.1. The first-order chi connectivity index (χ1) is 16.5. The first-order valence-corrected chi connectivity index (χ1v) is 11.6. The lowest BCUT2D eigenvalue weighted by atomic mass is 9.74. The van der Waals surface area contributed by atoms with E-state index in [-0.39, 0.29) is 37.1 Å². The van der Waals surface area contributed by atoms with Crippen LogP contribution in [0.2, 0.25) is 0 Å². The summed E-state index contributed by atoms with van der Waals surface area (Å²) < 4.78 is 5.08. The highest BCUT2D eigenvalue weighted by Gasteiger charge is 2.53. The van der Waals surface area contributed by atoms with Gasteiger partial charge in [0.2, 0.25) is 17.7 Å². The second-order valence-corrected chi connectivity index (χ2v) is 8.86. The smallest absolute Gasteiger partial charge is 0.240 e. The van der Waals surface area contributed by atoms with E-state index in [0.29, 0.717) is 19.6 Å². The molecule has 176 valence electrons. The van der Waals surface area contributed by atoms with Crippen LogP contribution in [0.15, 0.2) is 66.7 Å². The molecule has 34 heavy (non-hydrogen) atoms. The molecule has 0 aromatic heterocycles. The number of rotatable bonds is 9. The number of nitrogens with zero attached hydrogens (tertiary/aromatic N) is 1. The van der Waals surface area contributed by atoms with Crippen molar-refractivity contribution in [1.29, 1.82) is 0 Å². The van der Waals surface area contributed by atoms with Gasteiger partial charge in [-0.1, -0.05) is 66.7 Å². The Morgan fingerprint density at radius 2 is 1.76 bits per heavy atom. The minimum atomic E-state index is -1.20. The summed E-state index contributed by atoms with van der Waals surface area (Å²) in [5.74, 6) is -0.800. The molecule has 1 fully saturated rings. The fourth-order valence-corrected chi connectivity index (χ4v) is 4.92. The standard InChI is InChI=1S/C28H30N2O4/c1-20-9-3-6-14-24(20)28(18-26(32)30(27(28)33)15-8-16-34-2)17-25(31)29-19-22-12-7-11-21-10-4-5-13-23(21)22/h3-7,9-14H,8,15-19H2,1-2H3,(H,29,31). The molecule has 0 spiro atoms. The number of likely N-dealkylation sites (tertiary alicyclic amines) is 1. The van der Waals surface area contributed by atoms with E-state index in [1.54, 1.807) is 7.11 Å². The van der Waals surface area contributed by atoms with Crippen LogP contribution in [0.1, 0.15) is 36.0 Å². The van der Waals surface area contributed by atoms with E-state index >= 15 is 0 Å². The average Bonchev–Trinajstić information content (AvgIpc) is 3.07. The fraction of sp³-hybridized carbons (Fsp3) is 0.321. The summed E-state index contributed by atoms with van der Waals surface area (Å²) in [7, 11) is 1.59. The largest absolute Gasteiger partial charge is 0.385 e. The zero-order valence-corrected chi connectivity index (χ0v) is 19.7. The van der Waals surface area contributed by atoms with Gasteiger partial charge in [0.25, 0.3) is 0 Å². The summed E-state index contributed by atoms with van der Waals surface area (Å²) in [6.07, 6.45) is 0.477. The van der Waals surface area contributed by atoms with Crippen molar-refractivity contribution in [2.24, 2.45) is 0 Å². The van der Waals surface area contributed by atoms with Gasteiger partial charge in [-0.3, -0.25) is 19.3 Å².